The molecule has 8 heteroatoms. The first-order valence-electron chi connectivity index (χ1n) is 11.3. The smallest absolute Gasteiger partial charge is 0.258 e. The van der Waals surface area contributed by atoms with Crippen LogP contribution in [0.15, 0.2) is 96.1 Å². The number of hydrogen-bond acceptors (Lipinski definition) is 6. The van der Waals surface area contributed by atoms with E-state index in [4.69, 9.17) is 9.47 Å². The summed E-state index contributed by atoms with van der Waals surface area (Å²) in [6.07, 6.45) is 1.46. The van der Waals surface area contributed by atoms with E-state index in [9.17, 15) is 14.4 Å². The van der Waals surface area contributed by atoms with Crippen LogP contribution in [0.3, 0.4) is 0 Å². The summed E-state index contributed by atoms with van der Waals surface area (Å²) < 4.78 is 12.1. The maximum Gasteiger partial charge on any atom is 0.258 e. The average Bonchev–Trinajstić information content (AvgIpc) is 2.93. The maximum absolute atomic E-state index is 12.5. The number of methoxy groups -OCH3 is 1. The molecule has 0 radical (unpaired) electrons. The van der Waals surface area contributed by atoms with Crippen molar-refractivity contribution in [3.8, 4) is 22.8 Å². The highest BCUT2D eigenvalue weighted by Gasteiger charge is 2.09. The summed E-state index contributed by atoms with van der Waals surface area (Å²) in [6, 6.07) is 24.4. The van der Waals surface area contributed by atoms with Gasteiger partial charge in [0.1, 0.15) is 11.5 Å². The fourth-order valence-electron chi connectivity index (χ4n) is 3.49. The van der Waals surface area contributed by atoms with Crippen molar-refractivity contribution in [3.63, 3.8) is 0 Å². The molecule has 36 heavy (non-hydrogen) atoms. The van der Waals surface area contributed by atoms with Gasteiger partial charge in [0, 0.05) is 35.8 Å². The van der Waals surface area contributed by atoms with Gasteiger partial charge in [-0.1, -0.05) is 30.3 Å². The van der Waals surface area contributed by atoms with Crippen LogP contribution in [0.4, 0.5) is 0 Å². The fourth-order valence-corrected chi connectivity index (χ4v) is 3.49. The Morgan fingerprint density at radius 3 is 2.22 bits per heavy atom. The third kappa shape index (κ3) is 6.24. The summed E-state index contributed by atoms with van der Waals surface area (Å²) in [4.78, 5) is 41.4. The van der Waals surface area contributed by atoms with Crippen LogP contribution in [0.2, 0.25) is 0 Å². The first-order valence-corrected chi connectivity index (χ1v) is 11.3. The molecule has 0 atom stereocenters. The van der Waals surface area contributed by atoms with Crippen LogP contribution < -0.4 is 20.3 Å². The van der Waals surface area contributed by atoms with Gasteiger partial charge in [-0.25, -0.2) is 4.98 Å². The van der Waals surface area contributed by atoms with E-state index >= 15 is 0 Å². The summed E-state index contributed by atoms with van der Waals surface area (Å²) in [5.41, 5.74) is 2.30. The predicted octanol–water partition coefficient (Wildman–Crippen LogP) is 3.35. The number of amides is 1. The van der Waals surface area contributed by atoms with E-state index in [2.05, 4.69) is 10.3 Å². The second kappa shape index (κ2) is 11.6. The van der Waals surface area contributed by atoms with Crippen molar-refractivity contribution < 1.29 is 19.1 Å². The number of nitrogens with zero attached hydrogens (tertiary/aromatic N) is 2. The van der Waals surface area contributed by atoms with Gasteiger partial charge in [-0.3, -0.25) is 19.0 Å². The number of aromatic nitrogens is 2. The SMILES string of the molecule is COc1ccc(-c2cc(=O)n(CCNC(=O)COc3ccc(C(=O)c4ccccc4)cc3)cn2)cc1. The van der Waals surface area contributed by atoms with E-state index < -0.39 is 0 Å². The van der Waals surface area contributed by atoms with Crippen molar-refractivity contribution in [2.75, 3.05) is 20.3 Å². The number of rotatable bonds is 10. The highest BCUT2D eigenvalue weighted by Crippen LogP contribution is 2.19. The molecule has 0 saturated heterocycles. The lowest BCUT2D eigenvalue weighted by Crippen LogP contribution is -2.33. The summed E-state index contributed by atoms with van der Waals surface area (Å²) >= 11 is 0. The van der Waals surface area contributed by atoms with Crippen molar-refractivity contribution in [1.29, 1.82) is 0 Å². The molecule has 4 aromatic rings. The van der Waals surface area contributed by atoms with E-state index in [0.29, 0.717) is 22.6 Å². The number of ether oxygens (including phenoxy) is 2. The molecule has 182 valence electrons. The summed E-state index contributed by atoms with van der Waals surface area (Å²) in [7, 11) is 1.59. The van der Waals surface area contributed by atoms with Gasteiger partial charge < -0.3 is 14.8 Å². The number of benzene rings is 3. The summed E-state index contributed by atoms with van der Waals surface area (Å²) in [5.74, 6) is 0.795. The van der Waals surface area contributed by atoms with Crippen molar-refractivity contribution in [2.45, 2.75) is 6.54 Å². The van der Waals surface area contributed by atoms with E-state index in [-0.39, 0.29) is 36.9 Å². The quantitative estimate of drug-likeness (QED) is 0.347. The van der Waals surface area contributed by atoms with Gasteiger partial charge in [0.05, 0.1) is 19.1 Å². The van der Waals surface area contributed by atoms with E-state index in [1.165, 1.54) is 17.0 Å². The Labute approximate surface area is 208 Å². The van der Waals surface area contributed by atoms with Crippen LogP contribution in [0.5, 0.6) is 11.5 Å². The number of carbonyl (C=O) groups excluding carboxylic acids is 2. The third-order valence-corrected chi connectivity index (χ3v) is 5.46. The molecule has 0 spiro atoms. The second-order valence-electron chi connectivity index (χ2n) is 7.89. The normalized spacial score (nSPS) is 10.5. The molecule has 8 nitrogen and oxygen atoms in total. The van der Waals surface area contributed by atoms with Crippen molar-refractivity contribution in [2.24, 2.45) is 0 Å². The van der Waals surface area contributed by atoms with Gasteiger partial charge in [0.2, 0.25) is 0 Å². The highest BCUT2D eigenvalue weighted by molar-refractivity contribution is 6.09. The van der Waals surface area contributed by atoms with Gasteiger partial charge in [0.15, 0.2) is 12.4 Å². The first kappa shape index (κ1) is 24.4. The van der Waals surface area contributed by atoms with E-state index in [1.54, 1.807) is 55.6 Å². The van der Waals surface area contributed by atoms with Crippen LogP contribution in [0, 0.1) is 0 Å². The predicted molar refractivity (Wildman–Crippen MR) is 135 cm³/mol. The van der Waals surface area contributed by atoms with Crippen molar-refractivity contribution in [3.05, 3.63) is 113 Å². The average molecular weight is 484 g/mol. The Balaban J connectivity index is 1.23. The molecular formula is C28H25N3O5. The number of carbonyl (C=O) groups is 2. The molecule has 0 aliphatic rings. The highest BCUT2D eigenvalue weighted by atomic mass is 16.5. The molecule has 0 bridgehead atoms. The fraction of sp³-hybridized carbons (Fsp3) is 0.143. The second-order valence-corrected chi connectivity index (χ2v) is 7.89. The Hall–Kier alpha value is -4.72. The lowest BCUT2D eigenvalue weighted by atomic mass is 10.0. The van der Waals surface area contributed by atoms with Crippen LogP contribution in [-0.2, 0) is 11.3 Å². The Bertz CT molecular complexity index is 1380. The Morgan fingerprint density at radius 2 is 1.56 bits per heavy atom. The van der Waals surface area contributed by atoms with Gasteiger partial charge in [-0.2, -0.15) is 0 Å². The molecule has 0 saturated carbocycles. The van der Waals surface area contributed by atoms with E-state index in [0.717, 1.165) is 11.3 Å². The lowest BCUT2D eigenvalue weighted by Gasteiger charge is -2.10. The minimum atomic E-state index is -0.324. The molecular weight excluding hydrogens is 458 g/mol. The standard InChI is InChI=1S/C28H25N3O5/c1-35-23-11-7-20(8-12-23)25-17-27(33)31(19-30-25)16-15-29-26(32)18-36-24-13-9-22(10-14-24)28(34)21-5-3-2-4-6-21/h2-14,17,19H,15-16,18H2,1H3,(H,29,32). The number of hydrogen-bond donors (Lipinski definition) is 1. The molecule has 0 fully saturated rings. The zero-order chi connectivity index (χ0) is 25.3. The third-order valence-electron chi connectivity index (χ3n) is 5.46. The van der Waals surface area contributed by atoms with Gasteiger partial charge in [-0.15, -0.1) is 0 Å². The van der Waals surface area contributed by atoms with Crippen molar-refractivity contribution >= 4 is 11.7 Å². The van der Waals surface area contributed by atoms with Gasteiger partial charge in [-0.05, 0) is 48.5 Å². The molecule has 0 unspecified atom stereocenters. The topological polar surface area (TPSA) is 99.5 Å². The minimum absolute atomic E-state index is 0.0818. The molecule has 1 aromatic heterocycles. The monoisotopic (exact) mass is 483 g/mol. The molecule has 0 aliphatic heterocycles. The zero-order valence-electron chi connectivity index (χ0n) is 19.7. The Kier molecular flexibility index (Phi) is 7.87. The van der Waals surface area contributed by atoms with Crippen LogP contribution in [0.1, 0.15) is 15.9 Å². The molecule has 3 aromatic carbocycles. The van der Waals surface area contributed by atoms with E-state index in [1.807, 2.05) is 30.3 Å². The van der Waals surface area contributed by atoms with Gasteiger partial charge >= 0.3 is 0 Å². The molecule has 1 N–H and O–H groups in total. The largest absolute Gasteiger partial charge is 0.497 e. The van der Waals surface area contributed by atoms with Crippen molar-refractivity contribution in [1.82, 2.24) is 14.9 Å². The minimum Gasteiger partial charge on any atom is -0.497 e. The maximum atomic E-state index is 12.5. The number of nitrogens with one attached hydrogen (secondary N) is 1. The number of ketones is 1. The molecule has 4 rings (SSSR count). The summed E-state index contributed by atoms with van der Waals surface area (Å²) in [5, 5.41) is 2.72. The molecule has 1 heterocycles. The van der Waals surface area contributed by atoms with Gasteiger partial charge in [0.25, 0.3) is 11.5 Å². The molecule has 0 aliphatic carbocycles. The van der Waals surface area contributed by atoms with Crippen LogP contribution >= 0.6 is 0 Å². The molecule has 1 amide bonds. The first-order chi connectivity index (χ1) is 17.5. The van der Waals surface area contributed by atoms with Crippen LogP contribution in [0.25, 0.3) is 11.3 Å². The van der Waals surface area contributed by atoms with Crippen LogP contribution in [-0.4, -0.2) is 41.5 Å². The summed E-state index contributed by atoms with van der Waals surface area (Å²) in [6.45, 7) is 0.336. The zero-order valence-corrected chi connectivity index (χ0v) is 19.7. The Morgan fingerprint density at radius 1 is 0.889 bits per heavy atom. The lowest BCUT2D eigenvalue weighted by molar-refractivity contribution is -0.123.